The number of carbonyl (C=O) groups is 2. The second-order valence-electron chi connectivity index (χ2n) is 4.59. The Kier molecular flexibility index (Phi) is 6.48. The van der Waals surface area contributed by atoms with Crippen molar-refractivity contribution in [1.29, 1.82) is 0 Å². The first-order chi connectivity index (χ1) is 11.4. The number of benzene rings is 2. The zero-order chi connectivity index (χ0) is 17.7. The largest absolute Gasteiger partial charge is 0.465 e. The topological polar surface area (TPSA) is 55.4 Å². The van der Waals surface area contributed by atoms with Gasteiger partial charge in [0.15, 0.2) is 0 Å². The van der Waals surface area contributed by atoms with E-state index in [0.29, 0.717) is 10.6 Å². The van der Waals surface area contributed by atoms with Crippen molar-refractivity contribution in [1.82, 2.24) is 0 Å². The van der Waals surface area contributed by atoms with E-state index in [1.165, 1.54) is 31.0 Å². The molecule has 1 amide bonds. The second-order valence-corrected chi connectivity index (χ2v) is 6.46. The molecule has 0 aliphatic carbocycles. The van der Waals surface area contributed by atoms with Gasteiger partial charge in [0.2, 0.25) is 5.91 Å². The SMILES string of the molecule is COC(=O)c1cc(SCC(=O)Nc2ccc(F)cc2Cl)ccc1Cl. The lowest BCUT2D eigenvalue weighted by molar-refractivity contribution is -0.113. The first-order valence-corrected chi connectivity index (χ1v) is 8.40. The van der Waals surface area contributed by atoms with Crippen molar-refractivity contribution in [3.8, 4) is 0 Å². The summed E-state index contributed by atoms with van der Waals surface area (Å²) >= 11 is 13.0. The number of nitrogens with one attached hydrogen (secondary N) is 1. The van der Waals surface area contributed by atoms with Crippen LogP contribution < -0.4 is 5.32 Å². The molecule has 2 rings (SSSR count). The summed E-state index contributed by atoms with van der Waals surface area (Å²) < 4.78 is 17.6. The lowest BCUT2D eigenvalue weighted by Gasteiger charge is -2.08. The molecule has 0 heterocycles. The van der Waals surface area contributed by atoms with Crippen molar-refractivity contribution in [3.05, 3.63) is 57.8 Å². The minimum atomic E-state index is -0.551. The smallest absolute Gasteiger partial charge is 0.339 e. The van der Waals surface area contributed by atoms with Crippen LogP contribution in [0.3, 0.4) is 0 Å². The summed E-state index contributed by atoms with van der Waals surface area (Å²) in [7, 11) is 1.26. The third-order valence-corrected chi connectivity index (χ3v) is 4.55. The van der Waals surface area contributed by atoms with Crippen molar-refractivity contribution in [3.63, 3.8) is 0 Å². The van der Waals surface area contributed by atoms with E-state index >= 15 is 0 Å². The Labute approximate surface area is 152 Å². The van der Waals surface area contributed by atoms with Gasteiger partial charge in [-0.1, -0.05) is 23.2 Å². The van der Waals surface area contributed by atoms with Gasteiger partial charge in [-0.25, -0.2) is 9.18 Å². The minimum absolute atomic E-state index is 0.0793. The fourth-order valence-corrected chi connectivity index (χ4v) is 2.93. The van der Waals surface area contributed by atoms with Gasteiger partial charge in [-0.15, -0.1) is 11.8 Å². The average molecular weight is 388 g/mol. The number of methoxy groups -OCH3 is 1. The molecule has 24 heavy (non-hydrogen) atoms. The molecule has 0 aliphatic heterocycles. The number of carbonyl (C=O) groups excluding carboxylic acids is 2. The van der Waals surface area contributed by atoms with E-state index in [-0.39, 0.29) is 27.3 Å². The normalized spacial score (nSPS) is 10.3. The molecule has 2 aromatic rings. The highest BCUT2D eigenvalue weighted by Crippen LogP contribution is 2.26. The molecule has 0 aliphatic rings. The number of amides is 1. The first-order valence-electron chi connectivity index (χ1n) is 6.66. The Hall–Kier alpha value is -1.76. The van der Waals surface area contributed by atoms with E-state index in [1.54, 1.807) is 18.2 Å². The number of anilines is 1. The van der Waals surface area contributed by atoms with Crippen LogP contribution in [0.15, 0.2) is 41.3 Å². The third kappa shape index (κ3) is 4.87. The van der Waals surface area contributed by atoms with Gasteiger partial charge >= 0.3 is 5.97 Å². The molecule has 8 heteroatoms. The van der Waals surface area contributed by atoms with E-state index in [0.717, 1.165) is 6.07 Å². The van der Waals surface area contributed by atoms with Gasteiger partial charge < -0.3 is 10.1 Å². The molecule has 0 saturated heterocycles. The zero-order valence-corrected chi connectivity index (χ0v) is 14.8. The van der Waals surface area contributed by atoms with Crippen LogP contribution in [0.4, 0.5) is 10.1 Å². The summed E-state index contributed by atoms with van der Waals surface area (Å²) in [5, 5.41) is 2.98. The number of hydrogen-bond donors (Lipinski definition) is 1. The van der Waals surface area contributed by atoms with Crippen LogP contribution in [0.5, 0.6) is 0 Å². The molecule has 0 saturated carbocycles. The van der Waals surface area contributed by atoms with E-state index < -0.39 is 11.8 Å². The molecule has 126 valence electrons. The van der Waals surface area contributed by atoms with Gasteiger partial charge in [-0.2, -0.15) is 0 Å². The average Bonchev–Trinajstić information content (AvgIpc) is 2.56. The maximum atomic E-state index is 13.0. The van der Waals surface area contributed by atoms with Crippen molar-refractivity contribution in [2.24, 2.45) is 0 Å². The highest BCUT2D eigenvalue weighted by molar-refractivity contribution is 8.00. The number of esters is 1. The number of thioether (sulfide) groups is 1. The number of ether oxygens (including phenoxy) is 1. The van der Waals surface area contributed by atoms with Crippen molar-refractivity contribution >= 4 is 52.5 Å². The number of rotatable bonds is 5. The second kappa shape index (κ2) is 8.37. The van der Waals surface area contributed by atoms with Crippen molar-refractivity contribution in [2.75, 3.05) is 18.2 Å². The van der Waals surface area contributed by atoms with Gasteiger partial charge in [0.25, 0.3) is 0 Å². The Balaban J connectivity index is 2.00. The van der Waals surface area contributed by atoms with E-state index in [4.69, 9.17) is 23.2 Å². The lowest BCUT2D eigenvalue weighted by atomic mass is 10.2. The van der Waals surface area contributed by atoms with Crippen LogP contribution in [-0.4, -0.2) is 24.7 Å². The van der Waals surface area contributed by atoms with Gasteiger partial charge in [-0.3, -0.25) is 4.79 Å². The van der Waals surface area contributed by atoms with E-state index in [9.17, 15) is 14.0 Å². The van der Waals surface area contributed by atoms with Crippen LogP contribution in [0, 0.1) is 5.82 Å². The Bertz CT molecular complexity index is 786. The quantitative estimate of drug-likeness (QED) is 0.599. The van der Waals surface area contributed by atoms with Crippen LogP contribution in [0.25, 0.3) is 0 Å². The van der Waals surface area contributed by atoms with Gasteiger partial charge in [0.1, 0.15) is 5.82 Å². The Morgan fingerprint density at radius 1 is 1.17 bits per heavy atom. The molecule has 0 unspecified atom stereocenters. The zero-order valence-electron chi connectivity index (χ0n) is 12.4. The molecule has 0 fully saturated rings. The minimum Gasteiger partial charge on any atom is -0.465 e. The molecule has 0 bridgehead atoms. The third-order valence-electron chi connectivity index (χ3n) is 2.92. The highest BCUT2D eigenvalue weighted by atomic mass is 35.5. The van der Waals surface area contributed by atoms with Gasteiger partial charge in [0.05, 0.1) is 34.2 Å². The predicted molar refractivity (Wildman–Crippen MR) is 93.6 cm³/mol. The molecule has 4 nitrogen and oxygen atoms in total. The maximum Gasteiger partial charge on any atom is 0.339 e. The maximum absolute atomic E-state index is 13.0. The number of hydrogen-bond acceptors (Lipinski definition) is 4. The van der Waals surface area contributed by atoms with Gasteiger partial charge in [-0.05, 0) is 36.4 Å². The van der Waals surface area contributed by atoms with Crippen molar-refractivity contribution < 1.29 is 18.7 Å². The standard InChI is InChI=1S/C16H12Cl2FNO3S/c1-23-16(22)11-7-10(3-4-12(11)17)24-8-15(21)20-14-5-2-9(19)6-13(14)18/h2-7H,8H2,1H3,(H,20,21). The predicted octanol–water partition coefficient (Wildman–Crippen LogP) is 4.65. The molecular weight excluding hydrogens is 376 g/mol. The molecule has 0 radical (unpaired) electrons. The van der Waals surface area contributed by atoms with Crippen LogP contribution >= 0.6 is 35.0 Å². The highest BCUT2D eigenvalue weighted by Gasteiger charge is 2.13. The molecule has 0 aromatic heterocycles. The fraction of sp³-hybridized carbons (Fsp3) is 0.125. The molecular formula is C16H12Cl2FNO3S. The molecule has 1 N–H and O–H groups in total. The van der Waals surface area contributed by atoms with E-state index in [2.05, 4.69) is 10.1 Å². The summed E-state index contributed by atoms with van der Waals surface area (Å²) in [6.45, 7) is 0. The summed E-state index contributed by atoms with van der Waals surface area (Å²) in [6.07, 6.45) is 0. The first kappa shape index (κ1) is 18.6. The Morgan fingerprint density at radius 3 is 2.58 bits per heavy atom. The van der Waals surface area contributed by atoms with Crippen LogP contribution in [0.2, 0.25) is 10.0 Å². The van der Waals surface area contributed by atoms with Crippen molar-refractivity contribution in [2.45, 2.75) is 4.90 Å². The van der Waals surface area contributed by atoms with Gasteiger partial charge in [0, 0.05) is 4.90 Å². The lowest BCUT2D eigenvalue weighted by Crippen LogP contribution is -2.14. The Morgan fingerprint density at radius 2 is 1.92 bits per heavy atom. The summed E-state index contributed by atoms with van der Waals surface area (Å²) in [5.41, 5.74) is 0.557. The fourth-order valence-electron chi connectivity index (χ4n) is 1.79. The van der Waals surface area contributed by atoms with E-state index in [1.807, 2.05) is 0 Å². The summed E-state index contributed by atoms with van der Waals surface area (Å²) in [6, 6.07) is 8.51. The molecule has 2 aromatic carbocycles. The molecule has 0 atom stereocenters. The molecule has 0 spiro atoms. The number of halogens is 3. The van der Waals surface area contributed by atoms with Crippen LogP contribution in [-0.2, 0) is 9.53 Å². The summed E-state index contributed by atoms with van der Waals surface area (Å²) in [5.74, 6) is -1.27. The summed E-state index contributed by atoms with van der Waals surface area (Å²) in [4.78, 5) is 24.2. The van der Waals surface area contributed by atoms with Crippen LogP contribution in [0.1, 0.15) is 10.4 Å². The monoisotopic (exact) mass is 387 g/mol.